The monoisotopic (exact) mass is 164 g/mol. The van der Waals surface area contributed by atoms with Gasteiger partial charge in [0.25, 0.3) is 0 Å². The molecule has 0 aromatic heterocycles. The molecule has 3 nitrogen and oxygen atoms in total. The second-order valence-corrected chi connectivity index (χ2v) is 2.79. The normalized spacial score (nSPS) is 9.50. The lowest BCUT2D eigenvalue weighted by Gasteiger charge is -2.07. The van der Waals surface area contributed by atoms with Crippen molar-refractivity contribution in [2.45, 2.75) is 13.8 Å². The van der Waals surface area contributed by atoms with Gasteiger partial charge in [-0.3, -0.25) is 0 Å². The summed E-state index contributed by atoms with van der Waals surface area (Å²) in [6, 6.07) is 5.48. The van der Waals surface area contributed by atoms with Crippen molar-refractivity contribution in [2.24, 2.45) is 0 Å². The molecule has 12 heavy (non-hydrogen) atoms. The van der Waals surface area contributed by atoms with E-state index in [-0.39, 0.29) is 0 Å². The molecule has 0 bridgehead atoms. The number of carbonyl (C=O) groups excluding carboxylic acids is 1. The van der Waals surface area contributed by atoms with E-state index in [2.05, 4.69) is 5.32 Å². The van der Waals surface area contributed by atoms with Crippen LogP contribution in [0.1, 0.15) is 11.1 Å². The highest BCUT2D eigenvalue weighted by molar-refractivity contribution is 5.81. The Kier molecular flexibility index (Phi) is 2.33. The Bertz CT molecular complexity index is 287. The van der Waals surface area contributed by atoms with Crippen LogP contribution in [0, 0.1) is 13.8 Å². The maximum Gasteiger partial charge on any atom is 0.138 e. The van der Waals surface area contributed by atoms with Gasteiger partial charge < -0.3 is 15.2 Å². The van der Waals surface area contributed by atoms with E-state index < -0.39 is 6.09 Å². The lowest BCUT2D eigenvalue weighted by molar-refractivity contribution is -0.242. The average molecular weight is 164 g/mol. The fraction of sp³-hybridized carbons (Fsp3) is 0.222. The minimum atomic E-state index is -1.28. The number of hydrogen-bond acceptors (Lipinski definition) is 2. The summed E-state index contributed by atoms with van der Waals surface area (Å²) in [6.45, 7) is 3.82. The number of benzene rings is 1. The maximum atomic E-state index is 10.2. The molecule has 3 heteroatoms. The van der Waals surface area contributed by atoms with Crippen molar-refractivity contribution in [1.29, 1.82) is 0 Å². The van der Waals surface area contributed by atoms with Gasteiger partial charge in [-0.15, -0.1) is 0 Å². The van der Waals surface area contributed by atoms with Crippen LogP contribution < -0.4 is 10.4 Å². The molecule has 64 valence electrons. The standard InChI is InChI=1S/C9H11NO2/c1-6-3-7(2)5-8(4-6)10-9(11)12/h3-5,10H,1-2H3,(H,11,12)/p-1. The van der Waals surface area contributed by atoms with Crippen LogP contribution in [0.3, 0.4) is 0 Å². The number of hydrogen-bond donors (Lipinski definition) is 1. The molecule has 0 fully saturated rings. The number of rotatable bonds is 1. The molecular formula is C9H10NO2-. The van der Waals surface area contributed by atoms with Crippen molar-refractivity contribution in [3.8, 4) is 0 Å². The van der Waals surface area contributed by atoms with E-state index in [1.165, 1.54) is 0 Å². The van der Waals surface area contributed by atoms with E-state index in [1.54, 1.807) is 12.1 Å². The van der Waals surface area contributed by atoms with Crippen molar-refractivity contribution in [3.05, 3.63) is 29.3 Å². The van der Waals surface area contributed by atoms with E-state index in [0.29, 0.717) is 5.69 Å². The van der Waals surface area contributed by atoms with E-state index in [9.17, 15) is 9.90 Å². The van der Waals surface area contributed by atoms with Gasteiger partial charge in [0.05, 0.1) is 0 Å². The Labute approximate surface area is 71.0 Å². The SMILES string of the molecule is Cc1cc(C)cc(NC(=O)[O-])c1. The largest absolute Gasteiger partial charge is 0.530 e. The zero-order chi connectivity index (χ0) is 9.14. The summed E-state index contributed by atoms with van der Waals surface area (Å²) in [6.07, 6.45) is -1.28. The Balaban J connectivity index is 2.93. The quantitative estimate of drug-likeness (QED) is 0.674. The zero-order valence-corrected chi connectivity index (χ0v) is 7.05. The molecule has 0 aliphatic rings. The number of carbonyl (C=O) groups is 1. The molecule has 0 aliphatic carbocycles. The van der Waals surface area contributed by atoms with E-state index in [0.717, 1.165) is 11.1 Å². The smallest absolute Gasteiger partial charge is 0.138 e. The van der Waals surface area contributed by atoms with Crippen LogP contribution >= 0.6 is 0 Å². The summed E-state index contributed by atoms with van der Waals surface area (Å²) >= 11 is 0. The van der Waals surface area contributed by atoms with Crippen molar-refractivity contribution < 1.29 is 9.90 Å². The van der Waals surface area contributed by atoms with Crippen LogP contribution in [0.2, 0.25) is 0 Å². The molecule has 0 atom stereocenters. The molecule has 0 saturated carbocycles. The highest BCUT2D eigenvalue weighted by Crippen LogP contribution is 2.12. The highest BCUT2D eigenvalue weighted by atomic mass is 16.4. The molecule has 0 saturated heterocycles. The molecular weight excluding hydrogens is 154 g/mol. The first-order valence-electron chi connectivity index (χ1n) is 3.64. The lowest BCUT2D eigenvalue weighted by Crippen LogP contribution is -2.28. The number of carboxylic acid groups (broad SMARTS) is 1. The first kappa shape index (κ1) is 8.59. The molecule has 0 unspecified atom stereocenters. The van der Waals surface area contributed by atoms with Crippen molar-refractivity contribution in [1.82, 2.24) is 0 Å². The maximum absolute atomic E-state index is 10.2. The number of amides is 1. The Morgan fingerprint density at radius 3 is 2.17 bits per heavy atom. The van der Waals surface area contributed by atoms with Gasteiger partial charge in [0, 0.05) is 5.69 Å². The molecule has 0 aliphatic heterocycles. The minimum Gasteiger partial charge on any atom is -0.530 e. The van der Waals surface area contributed by atoms with Gasteiger partial charge in [0.2, 0.25) is 0 Å². The van der Waals surface area contributed by atoms with Gasteiger partial charge in [-0.05, 0) is 37.1 Å². The fourth-order valence-corrected chi connectivity index (χ4v) is 1.16. The van der Waals surface area contributed by atoms with Crippen molar-refractivity contribution in [3.63, 3.8) is 0 Å². The second-order valence-electron chi connectivity index (χ2n) is 2.79. The predicted molar refractivity (Wildman–Crippen MR) is 44.9 cm³/mol. The van der Waals surface area contributed by atoms with Crippen LogP contribution in [-0.2, 0) is 0 Å². The zero-order valence-electron chi connectivity index (χ0n) is 7.05. The van der Waals surface area contributed by atoms with Crippen LogP contribution in [0.5, 0.6) is 0 Å². The third-order valence-electron chi connectivity index (χ3n) is 1.47. The summed E-state index contributed by atoms with van der Waals surface area (Å²) in [5, 5.41) is 12.4. The summed E-state index contributed by atoms with van der Waals surface area (Å²) in [5.41, 5.74) is 2.62. The highest BCUT2D eigenvalue weighted by Gasteiger charge is 1.93. The Morgan fingerprint density at radius 2 is 1.75 bits per heavy atom. The van der Waals surface area contributed by atoms with Crippen LogP contribution in [0.15, 0.2) is 18.2 Å². The van der Waals surface area contributed by atoms with E-state index in [1.807, 2.05) is 19.9 Å². The minimum absolute atomic E-state index is 0.563. The third-order valence-corrected chi connectivity index (χ3v) is 1.47. The van der Waals surface area contributed by atoms with Gasteiger partial charge in [0.15, 0.2) is 0 Å². The number of aryl methyl sites for hydroxylation is 2. The van der Waals surface area contributed by atoms with Crippen LogP contribution in [0.4, 0.5) is 10.5 Å². The van der Waals surface area contributed by atoms with Gasteiger partial charge >= 0.3 is 0 Å². The molecule has 1 aromatic rings. The molecule has 0 spiro atoms. The summed E-state index contributed by atoms with van der Waals surface area (Å²) < 4.78 is 0. The Morgan fingerprint density at radius 1 is 1.25 bits per heavy atom. The number of nitrogens with one attached hydrogen (secondary N) is 1. The van der Waals surface area contributed by atoms with Crippen LogP contribution in [-0.4, -0.2) is 6.09 Å². The fourth-order valence-electron chi connectivity index (χ4n) is 1.16. The average Bonchev–Trinajstić information content (AvgIpc) is 1.81. The topological polar surface area (TPSA) is 52.2 Å². The summed E-state index contributed by atoms with van der Waals surface area (Å²) in [5.74, 6) is 0. The van der Waals surface area contributed by atoms with Crippen molar-refractivity contribution >= 4 is 11.8 Å². The molecule has 0 radical (unpaired) electrons. The second kappa shape index (κ2) is 3.26. The first-order chi connectivity index (χ1) is 5.58. The van der Waals surface area contributed by atoms with Gasteiger partial charge in [-0.25, -0.2) is 0 Å². The lowest BCUT2D eigenvalue weighted by atomic mass is 10.1. The molecule has 1 rings (SSSR count). The van der Waals surface area contributed by atoms with E-state index >= 15 is 0 Å². The molecule has 1 amide bonds. The molecule has 1 aromatic carbocycles. The van der Waals surface area contributed by atoms with Crippen molar-refractivity contribution in [2.75, 3.05) is 5.32 Å². The van der Waals surface area contributed by atoms with Gasteiger partial charge in [0.1, 0.15) is 6.09 Å². The number of anilines is 1. The Hall–Kier alpha value is -1.51. The van der Waals surface area contributed by atoms with Gasteiger partial charge in [-0.2, -0.15) is 0 Å². The molecule has 0 heterocycles. The predicted octanol–water partition coefficient (Wildman–Crippen LogP) is 1.06. The van der Waals surface area contributed by atoms with Crippen LogP contribution in [0.25, 0.3) is 0 Å². The molecule has 1 N–H and O–H groups in total. The first-order valence-corrected chi connectivity index (χ1v) is 3.64. The third kappa shape index (κ3) is 2.27. The van der Waals surface area contributed by atoms with E-state index in [4.69, 9.17) is 0 Å². The summed E-state index contributed by atoms with van der Waals surface area (Å²) in [7, 11) is 0. The summed E-state index contributed by atoms with van der Waals surface area (Å²) in [4.78, 5) is 10.2. The van der Waals surface area contributed by atoms with Gasteiger partial charge in [-0.1, -0.05) is 6.07 Å².